The molecule has 124 valence electrons. The third kappa shape index (κ3) is 3.34. The van der Waals surface area contributed by atoms with Gasteiger partial charge in [-0.25, -0.2) is 9.37 Å². The standard InChI is InChI=1S/C17H17FN4O2/c18-12-3-1-4-13(9-12)21-16-14(5-2-7-20-16)17(24)22-8-6-11(10-22)15(19)23/h1-5,7,9,11H,6,8,10H2,(H2,19,23)(H,20,21)/t11-/m1/s1. The predicted molar refractivity (Wildman–Crippen MR) is 87.1 cm³/mol. The van der Waals surface area contributed by atoms with Crippen LogP contribution in [0.25, 0.3) is 0 Å². The number of hydrogen-bond donors (Lipinski definition) is 2. The van der Waals surface area contributed by atoms with Crippen molar-refractivity contribution < 1.29 is 14.0 Å². The fraction of sp³-hybridized carbons (Fsp3) is 0.235. The number of aromatic nitrogens is 1. The molecule has 1 aromatic heterocycles. The summed E-state index contributed by atoms with van der Waals surface area (Å²) in [5.41, 5.74) is 6.17. The highest BCUT2D eigenvalue weighted by Gasteiger charge is 2.31. The summed E-state index contributed by atoms with van der Waals surface area (Å²) in [6.07, 6.45) is 2.11. The number of nitrogens with one attached hydrogen (secondary N) is 1. The van der Waals surface area contributed by atoms with Crippen LogP contribution in [0.1, 0.15) is 16.8 Å². The van der Waals surface area contributed by atoms with Crippen molar-refractivity contribution >= 4 is 23.3 Å². The minimum Gasteiger partial charge on any atom is -0.369 e. The summed E-state index contributed by atoms with van der Waals surface area (Å²) in [5, 5.41) is 2.96. The molecule has 7 heteroatoms. The Bertz CT molecular complexity index is 781. The van der Waals surface area contributed by atoms with Crippen molar-refractivity contribution in [2.45, 2.75) is 6.42 Å². The van der Waals surface area contributed by atoms with Gasteiger partial charge in [-0.3, -0.25) is 9.59 Å². The second-order valence-corrected chi connectivity index (χ2v) is 5.67. The third-order valence-corrected chi connectivity index (χ3v) is 4.00. The van der Waals surface area contributed by atoms with E-state index in [-0.39, 0.29) is 17.6 Å². The van der Waals surface area contributed by atoms with E-state index in [9.17, 15) is 14.0 Å². The van der Waals surface area contributed by atoms with Crippen molar-refractivity contribution in [3.05, 3.63) is 54.0 Å². The molecule has 1 saturated heterocycles. The van der Waals surface area contributed by atoms with Gasteiger partial charge >= 0.3 is 0 Å². The SMILES string of the molecule is NC(=O)[C@@H]1CCN(C(=O)c2cccnc2Nc2cccc(F)c2)C1. The topological polar surface area (TPSA) is 88.3 Å². The molecule has 2 aromatic rings. The summed E-state index contributed by atoms with van der Waals surface area (Å²) in [6, 6.07) is 9.22. The Morgan fingerprint density at radius 2 is 2.12 bits per heavy atom. The molecular formula is C17H17FN4O2. The fourth-order valence-electron chi connectivity index (χ4n) is 2.73. The maximum absolute atomic E-state index is 13.3. The second kappa shape index (κ2) is 6.66. The Morgan fingerprint density at radius 3 is 2.83 bits per heavy atom. The summed E-state index contributed by atoms with van der Waals surface area (Å²) in [5.74, 6) is -0.978. The van der Waals surface area contributed by atoms with Gasteiger partial charge in [-0.1, -0.05) is 6.07 Å². The number of nitrogens with two attached hydrogens (primary N) is 1. The van der Waals surface area contributed by atoms with Gasteiger partial charge in [0.05, 0.1) is 11.5 Å². The molecule has 0 bridgehead atoms. The first-order valence-electron chi connectivity index (χ1n) is 7.61. The minimum absolute atomic E-state index is 0.231. The Hall–Kier alpha value is -2.96. The number of halogens is 1. The van der Waals surface area contributed by atoms with Crippen LogP contribution in [-0.4, -0.2) is 34.8 Å². The van der Waals surface area contributed by atoms with Crippen LogP contribution in [0.15, 0.2) is 42.6 Å². The molecule has 0 aliphatic carbocycles. The number of amides is 2. The lowest BCUT2D eigenvalue weighted by atomic mass is 10.1. The lowest BCUT2D eigenvalue weighted by Gasteiger charge is -2.18. The molecular weight excluding hydrogens is 311 g/mol. The largest absolute Gasteiger partial charge is 0.369 e. The number of likely N-dealkylation sites (tertiary alicyclic amines) is 1. The molecule has 1 aliphatic heterocycles. The summed E-state index contributed by atoms with van der Waals surface area (Å²) >= 11 is 0. The van der Waals surface area contributed by atoms with Crippen LogP contribution in [0.5, 0.6) is 0 Å². The molecule has 2 heterocycles. The number of pyridine rings is 1. The molecule has 3 rings (SSSR count). The van der Waals surface area contributed by atoms with Crippen molar-refractivity contribution in [2.75, 3.05) is 18.4 Å². The molecule has 2 amide bonds. The molecule has 1 aliphatic rings. The molecule has 0 saturated carbocycles. The van der Waals surface area contributed by atoms with Crippen LogP contribution < -0.4 is 11.1 Å². The van der Waals surface area contributed by atoms with Gasteiger partial charge in [-0.15, -0.1) is 0 Å². The summed E-state index contributed by atoms with van der Waals surface area (Å²) in [4.78, 5) is 29.7. The summed E-state index contributed by atoms with van der Waals surface area (Å²) < 4.78 is 13.3. The first-order chi connectivity index (χ1) is 11.5. The molecule has 6 nitrogen and oxygen atoms in total. The zero-order valence-electron chi connectivity index (χ0n) is 12.9. The van der Waals surface area contributed by atoms with Crippen LogP contribution in [0, 0.1) is 11.7 Å². The van der Waals surface area contributed by atoms with Crippen molar-refractivity contribution in [3.63, 3.8) is 0 Å². The van der Waals surface area contributed by atoms with Gasteiger partial charge < -0.3 is 16.0 Å². The number of anilines is 2. The zero-order chi connectivity index (χ0) is 17.1. The van der Waals surface area contributed by atoms with E-state index in [1.165, 1.54) is 12.1 Å². The van der Waals surface area contributed by atoms with E-state index in [0.717, 1.165) is 0 Å². The second-order valence-electron chi connectivity index (χ2n) is 5.67. The molecule has 1 atom stereocenters. The van der Waals surface area contributed by atoms with Crippen LogP contribution >= 0.6 is 0 Å². The van der Waals surface area contributed by atoms with Crippen molar-refractivity contribution in [2.24, 2.45) is 11.7 Å². The number of rotatable bonds is 4. The van der Waals surface area contributed by atoms with Gasteiger partial charge in [-0.2, -0.15) is 0 Å². The summed E-state index contributed by atoms with van der Waals surface area (Å²) in [6.45, 7) is 0.781. The Balaban J connectivity index is 1.81. The maximum Gasteiger partial charge on any atom is 0.257 e. The quantitative estimate of drug-likeness (QED) is 0.897. The number of benzene rings is 1. The van der Waals surface area contributed by atoms with Gasteiger partial charge in [0, 0.05) is 25.0 Å². The number of primary amides is 1. The first-order valence-corrected chi connectivity index (χ1v) is 7.61. The number of carbonyl (C=O) groups excluding carboxylic acids is 2. The van der Waals surface area contributed by atoms with Crippen molar-refractivity contribution in [3.8, 4) is 0 Å². The average molecular weight is 328 g/mol. The van der Waals surface area contributed by atoms with Crippen LogP contribution in [0.2, 0.25) is 0 Å². The van der Waals surface area contributed by atoms with Gasteiger partial charge in [0.2, 0.25) is 5.91 Å². The minimum atomic E-state index is -0.394. The lowest BCUT2D eigenvalue weighted by molar-refractivity contribution is -0.121. The smallest absolute Gasteiger partial charge is 0.257 e. The average Bonchev–Trinajstić information content (AvgIpc) is 3.05. The van der Waals surface area contributed by atoms with E-state index < -0.39 is 5.91 Å². The molecule has 3 N–H and O–H groups in total. The van der Waals surface area contributed by atoms with Gasteiger partial charge in [0.15, 0.2) is 0 Å². The Kier molecular flexibility index (Phi) is 4.41. The zero-order valence-corrected chi connectivity index (χ0v) is 12.9. The highest BCUT2D eigenvalue weighted by molar-refractivity contribution is 5.99. The molecule has 24 heavy (non-hydrogen) atoms. The van der Waals surface area contributed by atoms with Gasteiger partial charge in [0.1, 0.15) is 11.6 Å². The lowest BCUT2D eigenvalue weighted by Crippen LogP contribution is -2.32. The molecule has 1 fully saturated rings. The van der Waals surface area contributed by atoms with Crippen molar-refractivity contribution in [1.29, 1.82) is 0 Å². The van der Waals surface area contributed by atoms with Gasteiger partial charge in [-0.05, 0) is 36.8 Å². The van der Waals surface area contributed by atoms with E-state index in [2.05, 4.69) is 10.3 Å². The van der Waals surface area contributed by atoms with E-state index in [1.807, 2.05) is 0 Å². The maximum atomic E-state index is 13.3. The molecule has 1 aromatic carbocycles. The molecule has 0 unspecified atom stereocenters. The van der Waals surface area contributed by atoms with Crippen LogP contribution in [0.4, 0.5) is 15.9 Å². The summed E-state index contributed by atoms with van der Waals surface area (Å²) in [7, 11) is 0. The van der Waals surface area contributed by atoms with E-state index in [4.69, 9.17) is 5.73 Å². The fourth-order valence-corrected chi connectivity index (χ4v) is 2.73. The van der Waals surface area contributed by atoms with E-state index in [1.54, 1.807) is 35.4 Å². The monoisotopic (exact) mass is 328 g/mol. The van der Waals surface area contributed by atoms with E-state index in [0.29, 0.717) is 36.6 Å². The predicted octanol–water partition coefficient (Wildman–Crippen LogP) is 1.91. The normalized spacial score (nSPS) is 16.9. The van der Waals surface area contributed by atoms with E-state index >= 15 is 0 Å². The third-order valence-electron chi connectivity index (χ3n) is 4.00. The number of carbonyl (C=O) groups is 2. The van der Waals surface area contributed by atoms with Crippen LogP contribution in [0.3, 0.4) is 0 Å². The van der Waals surface area contributed by atoms with Gasteiger partial charge in [0.25, 0.3) is 5.91 Å². The first kappa shape index (κ1) is 15.9. The Labute approximate surface area is 138 Å². The van der Waals surface area contributed by atoms with Crippen LogP contribution in [-0.2, 0) is 4.79 Å². The molecule has 0 spiro atoms. The van der Waals surface area contributed by atoms with Crippen molar-refractivity contribution in [1.82, 2.24) is 9.88 Å². The molecule has 0 radical (unpaired) electrons. The highest BCUT2D eigenvalue weighted by Crippen LogP contribution is 2.23. The number of nitrogens with zero attached hydrogens (tertiary/aromatic N) is 2. The number of hydrogen-bond acceptors (Lipinski definition) is 4. The highest BCUT2D eigenvalue weighted by atomic mass is 19.1. The Morgan fingerprint density at radius 1 is 1.29 bits per heavy atom.